The number of sulfonamides is 1. The minimum atomic E-state index is -3.90. The molecule has 5 nitrogen and oxygen atoms in total. The van der Waals surface area contributed by atoms with Crippen LogP contribution < -0.4 is 0 Å². The lowest BCUT2D eigenvalue weighted by atomic mass is 10.2. The largest absolute Gasteiger partial charge is 0.339 e. The zero-order valence-corrected chi connectivity index (χ0v) is 17.4. The van der Waals surface area contributed by atoms with E-state index in [4.69, 9.17) is 11.6 Å². The van der Waals surface area contributed by atoms with Crippen LogP contribution in [0.25, 0.3) is 0 Å². The molecule has 1 heterocycles. The fraction of sp³-hybridized carbons (Fsp3) is 0.316. The van der Waals surface area contributed by atoms with Crippen molar-refractivity contribution >= 4 is 39.3 Å². The van der Waals surface area contributed by atoms with E-state index in [-0.39, 0.29) is 23.9 Å². The Morgan fingerprint density at radius 3 is 2.46 bits per heavy atom. The topological polar surface area (TPSA) is 57.7 Å². The van der Waals surface area contributed by atoms with E-state index in [0.29, 0.717) is 29.6 Å². The molecule has 0 radical (unpaired) electrons. The highest BCUT2D eigenvalue weighted by Crippen LogP contribution is 2.21. The van der Waals surface area contributed by atoms with Crippen LogP contribution in [0.5, 0.6) is 0 Å². The van der Waals surface area contributed by atoms with Crippen molar-refractivity contribution in [2.75, 3.05) is 31.9 Å². The lowest BCUT2D eigenvalue weighted by Gasteiger charge is -2.34. The molecule has 0 saturated carbocycles. The summed E-state index contributed by atoms with van der Waals surface area (Å²) >= 11 is 7.44. The van der Waals surface area contributed by atoms with Crippen molar-refractivity contribution in [1.29, 1.82) is 0 Å². The number of nitrogens with zero attached hydrogens (tertiary/aromatic N) is 2. The quantitative estimate of drug-likeness (QED) is 0.689. The van der Waals surface area contributed by atoms with Crippen LogP contribution >= 0.6 is 23.4 Å². The molecule has 0 aliphatic carbocycles. The molecule has 28 heavy (non-hydrogen) atoms. The van der Waals surface area contributed by atoms with E-state index in [1.807, 2.05) is 18.2 Å². The molecule has 0 aromatic heterocycles. The Hall–Kier alpha value is -1.61. The molecule has 1 fully saturated rings. The van der Waals surface area contributed by atoms with Crippen molar-refractivity contribution in [3.8, 4) is 0 Å². The molecule has 2 aromatic rings. The van der Waals surface area contributed by atoms with Crippen LogP contribution in [0.15, 0.2) is 53.4 Å². The molecule has 0 atom stereocenters. The van der Waals surface area contributed by atoms with Crippen molar-refractivity contribution in [2.24, 2.45) is 0 Å². The molecule has 0 unspecified atom stereocenters. The number of rotatable bonds is 6. The van der Waals surface area contributed by atoms with Gasteiger partial charge in [-0.25, -0.2) is 12.8 Å². The maximum atomic E-state index is 13.9. The van der Waals surface area contributed by atoms with Crippen LogP contribution in [0.4, 0.5) is 4.39 Å². The maximum Gasteiger partial charge on any atom is 0.246 e. The van der Waals surface area contributed by atoms with E-state index in [0.717, 1.165) is 11.6 Å². The first-order valence-corrected chi connectivity index (χ1v) is 11.7. The fourth-order valence-corrected chi connectivity index (χ4v) is 5.52. The molecule has 1 saturated heterocycles. The lowest BCUT2D eigenvalue weighted by Crippen LogP contribution is -2.51. The second kappa shape index (κ2) is 9.26. The van der Waals surface area contributed by atoms with Crippen LogP contribution in [-0.2, 0) is 20.6 Å². The van der Waals surface area contributed by atoms with Crippen LogP contribution in [0.2, 0.25) is 5.02 Å². The molecular formula is C19H20ClFN2O3S2. The van der Waals surface area contributed by atoms with E-state index >= 15 is 0 Å². The molecule has 1 aliphatic heterocycles. The molecule has 1 amide bonds. The predicted octanol–water partition coefficient (Wildman–Crippen LogP) is 3.25. The Morgan fingerprint density at radius 2 is 1.79 bits per heavy atom. The molecule has 1 aliphatic rings. The van der Waals surface area contributed by atoms with Crippen molar-refractivity contribution in [2.45, 2.75) is 10.6 Å². The summed E-state index contributed by atoms with van der Waals surface area (Å²) in [7, 11) is -3.90. The van der Waals surface area contributed by atoms with Crippen molar-refractivity contribution in [3.63, 3.8) is 0 Å². The minimum Gasteiger partial charge on any atom is -0.339 e. The number of carbonyl (C=O) groups excluding carboxylic acids is 1. The second-order valence-electron chi connectivity index (χ2n) is 6.34. The zero-order valence-electron chi connectivity index (χ0n) is 15.1. The number of piperazine rings is 1. The van der Waals surface area contributed by atoms with Gasteiger partial charge >= 0.3 is 0 Å². The summed E-state index contributed by atoms with van der Waals surface area (Å²) in [6, 6.07) is 12.8. The highest BCUT2D eigenvalue weighted by molar-refractivity contribution is 7.99. The van der Waals surface area contributed by atoms with Crippen LogP contribution in [-0.4, -0.2) is 55.5 Å². The molecule has 0 spiro atoms. The van der Waals surface area contributed by atoms with E-state index in [1.54, 1.807) is 11.0 Å². The van der Waals surface area contributed by atoms with Crippen molar-refractivity contribution < 1.29 is 17.6 Å². The number of hydrogen-bond donors (Lipinski definition) is 0. The van der Waals surface area contributed by atoms with E-state index < -0.39 is 15.8 Å². The lowest BCUT2D eigenvalue weighted by molar-refractivity contribution is -0.129. The highest BCUT2D eigenvalue weighted by Gasteiger charge is 2.31. The van der Waals surface area contributed by atoms with E-state index in [1.165, 1.54) is 34.3 Å². The molecule has 9 heteroatoms. The smallest absolute Gasteiger partial charge is 0.246 e. The van der Waals surface area contributed by atoms with Gasteiger partial charge in [-0.15, -0.1) is 11.8 Å². The first-order chi connectivity index (χ1) is 13.4. The standard InChI is InChI=1S/C19H20ClFN2O3S2/c20-16-5-3-4-15(12-16)13-27-14-19(24)22-8-10-23(11-9-22)28(25,26)18-7-2-1-6-17(18)21/h1-7,12H,8-11,13-14H2. The monoisotopic (exact) mass is 442 g/mol. The Bertz CT molecular complexity index is 948. The van der Waals surface area contributed by atoms with Gasteiger partial charge in [-0.3, -0.25) is 4.79 Å². The predicted molar refractivity (Wildman–Crippen MR) is 109 cm³/mol. The van der Waals surface area contributed by atoms with Crippen LogP contribution in [0, 0.1) is 5.82 Å². The van der Waals surface area contributed by atoms with Gasteiger partial charge in [-0.05, 0) is 29.8 Å². The van der Waals surface area contributed by atoms with Gasteiger partial charge < -0.3 is 4.90 Å². The van der Waals surface area contributed by atoms with Gasteiger partial charge in [0.05, 0.1) is 5.75 Å². The SMILES string of the molecule is O=C(CSCc1cccc(Cl)c1)N1CCN(S(=O)(=O)c2ccccc2F)CC1. The molecule has 150 valence electrons. The average Bonchev–Trinajstić information content (AvgIpc) is 2.68. The van der Waals surface area contributed by atoms with Gasteiger partial charge in [0, 0.05) is 37.0 Å². The summed E-state index contributed by atoms with van der Waals surface area (Å²) in [6.07, 6.45) is 0. The zero-order chi connectivity index (χ0) is 20.1. The first kappa shape index (κ1) is 21.1. The number of amides is 1. The summed E-state index contributed by atoms with van der Waals surface area (Å²) in [4.78, 5) is 13.7. The van der Waals surface area contributed by atoms with Gasteiger partial charge in [0.2, 0.25) is 15.9 Å². The summed E-state index contributed by atoms with van der Waals surface area (Å²) in [6.45, 7) is 0.900. The Kier molecular flexibility index (Phi) is 6.98. The van der Waals surface area contributed by atoms with Gasteiger partial charge in [-0.1, -0.05) is 35.9 Å². The molecule has 0 bridgehead atoms. The number of carbonyl (C=O) groups is 1. The molecule has 0 N–H and O–H groups in total. The fourth-order valence-electron chi connectivity index (χ4n) is 2.95. The van der Waals surface area contributed by atoms with E-state index in [2.05, 4.69) is 0 Å². The number of benzene rings is 2. The maximum absolute atomic E-state index is 13.9. The molecular weight excluding hydrogens is 423 g/mol. The van der Waals surface area contributed by atoms with Gasteiger partial charge in [0.25, 0.3) is 0 Å². The third-order valence-corrected chi connectivity index (χ3v) is 7.58. The normalized spacial score (nSPS) is 15.6. The van der Waals surface area contributed by atoms with Crippen molar-refractivity contribution in [1.82, 2.24) is 9.21 Å². The first-order valence-electron chi connectivity index (χ1n) is 8.72. The summed E-state index contributed by atoms with van der Waals surface area (Å²) in [5, 5.41) is 0.664. The number of halogens is 2. The minimum absolute atomic E-state index is 0.0324. The molecule has 2 aromatic carbocycles. The summed E-state index contributed by atoms with van der Waals surface area (Å²) in [5.74, 6) is 0.189. The second-order valence-corrected chi connectivity index (χ2v) is 9.67. The Morgan fingerprint density at radius 1 is 1.07 bits per heavy atom. The summed E-state index contributed by atoms with van der Waals surface area (Å²) in [5.41, 5.74) is 1.05. The Labute approximate surface area is 173 Å². The van der Waals surface area contributed by atoms with E-state index in [9.17, 15) is 17.6 Å². The van der Waals surface area contributed by atoms with Gasteiger partial charge in [0.1, 0.15) is 10.7 Å². The highest BCUT2D eigenvalue weighted by atomic mass is 35.5. The molecule has 3 rings (SSSR count). The number of hydrogen-bond acceptors (Lipinski definition) is 4. The van der Waals surface area contributed by atoms with Crippen LogP contribution in [0.3, 0.4) is 0 Å². The van der Waals surface area contributed by atoms with Gasteiger partial charge in [-0.2, -0.15) is 4.31 Å². The van der Waals surface area contributed by atoms with Gasteiger partial charge in [0.15, 0.2) is 0 Å². The van der Waals surface area contributed by atoms with Crippen LogP contribution in [0.1, 0.15) is 5.56 Å². The third kappa shape index (κ3) is 5.05. The van der Waals surface area contributed by atoms with Crippen molar-refractivity contribution in [3.05, 3.63) is 64.9 Å². The number of thioether (sulfide) groups is 1. The average molecular weight is 443 g/mol. The third-order valence-electron chi connectivity index (χ3n) is 4.43. The summed E-state index contributed by atoms with van der Waals surface area (Å²) < 4.78 is 40.3. The Balaban J connectivity index is 1.50.